The highest BCUT2D eigenvalue weighted by Gasteiger charge is 2.38. The normalized spacial score (nSPS) is 14.3. The molecule has 1 aliphatic rings. The summed E-state index contributed by atoms with van der Waals surface area (Å²) in [6, 6.07) is 8.15. The van der Waals surface area contributed by atoms with Gasteiger partial charge in [-0.1, -0.05) is 55.5 Å². The van der Waals surface area contributed by atoms with Crippen LogP contribution in [-0.2, 0) is 24.4 Å². The van der Waals surface area contributed by atoms with Crippen LogP contribution in [0.4, 0.5) is 13.2 Å². The fourth-order valence-electron chi connectivity index (χ4n) is 3.48. The molecule has 0 amide bonds. The number of nitrogens with zero attached hydrogens (tertiary/aromatic N) is 2. The molecule has 1 N–H and O–H groups in total. The fourth-order valence-corrected chi connectivity index (χ4v) is 3.65. The van der Waals surface area contributed by atoms with Gasteiger partial charge in [0.05, 0.1) is 5.69 Å². The van der Waals surface area contributed by atoms with Crippen LogP contribution in [0.2, 0.25) is 5.02 Å². The average molecular weight is 461 g/mol. The lowest BCUT2D eigenvalue weighted by Crippen LogP contribution is -2.21. The molecule has 1 fully saturated rings. The van der Waals surface area contributed by atoms with E-state index >= 15 is 0 Å². The van der Waals surface area contributed by atoms with Crippen LogP contribution < -0.4 is 4.74 Å². The molecule has 0 atom stereocenters. The molecule has 1 aliphatic carbocycles. The number of carbonyl (C=O) groups is 1. The fraction of sp³-hybridized carbons (Fsp3) is 0.545. The molecule has 5 nitrogen and oxygen atoms in total. The van der Waals surface area contributed by atoms with Crippen molar-refractivity contribution in [3.05, 3.63) is 46.1 Å². The number of carboxylic acid groups (broad SMARTS) is 1. The van der Waals surface area contributed by atoms with Crippen molar-refractivity contribution in [2.75, 3.05) is 0 Å². The first kappa shape index (κ1) is 25.0. The third-order valence-corrected chi connectivity index (χ3v) is 5.39. The molecule has 9 heteroatoms. The summed E-state index contributed by atoms with van der Waals surface area (Å²) in [5.41, 5.74) is 3.35. The SMILES string of the molecule is CCCc1cc(OCc2cc(C)ccc2Cl)n(CC2CCCC2)n1.O=C(O)C(F)(F)F. The van der Waals surface area contributed by atoms with Crippen molar-refractivity contribution in [3.63, 3.8) is 0 Å². The maximum atomic E-state index is 10.6. The molecule has 172 valence electrons. The first-order valence-electron chi connectivity index (χ1n) is 10.3. The summed E-state index contributed by atoms with van der Waals surface area (Å²) in [4.78, 5) is 8.90. The summed E-state index contributed by atoms with van der Waals surface area (Å²) in [5.74, 6) is -1.14. The standard InChI is InChI=1S/C20H27ClN2O.C2HF3O2/c1-3-6-18-12-20(23(22-18)13-16-7-4-5-8-16)24-14-17-11-15(2)9-10-19(17)21;3-2(4,5)1(6)7/h9-12,16H,3-8,13-14H2,1-2H3;(H,6,7). The molecule has 0 unspecified atom stereocenters. The van der Waals surface area contributed by atoms with Gasteiger partial charge in [-0.05, 0) is 38.2 Å². The third kappa shape index (κ3) is 8.09. The smallest absolute Gasteiger partial charge is 0.475 e. The Hall–Kier alpha value is -2.22. The highest BCUT2D eigenvalue weighted by atomic mass is 35.5. The predicted octanol–water partition coefficient (Wildman–Crippen LogP) is 6.20. The van der Waals surface area contributed by atoms with E-state index in [2.05, 4.69) is 30.7 Å². The van der Waals surface area contributed by atoms with Crippen molar-refractivity contribution in [2.45, 2.75) is 71.7 Å². The number of aliphatic carboxylic acids is 1. The first-order chi connectivity index (χ1) is 14.6. The lowest BCUT2D eigenvalue weighted by Gasteiger charge is -2.13. The number of rotatable bonds is 7. The second kappa shape index (κ2) is 11.4. The van der Waals surface area contributed by atoms with Crippen LogP contribution in [0.15, 0.2) is 24.3 Å². The topological polar surface area (TPSA) is 64.4 Å². The number of hydrogen-bond donors (Lipinski definition) is 1. The highest BCUT2D eigenvalue weighted by molar-refractivity contribution is 6.31. The third-order valence-electron chi connectivity index (χ3n) is 5.02. The van der Waals surface area contributed by atoms with E-state index in [0.29, 0.717) is 6.61 Å². The van der Waals surface area contributed by atoms with Gasteiger partial charge in [-0.2, -0.15) is 18.3 Å². The molecule has 0 spiro atoms. The summed E-state index contributed by atoms with van der Waals surface area (Å²) in [7, 11) is 0. The predicted molar refractivity (Wildman–Crippen MR) is 112 cm³/mol. The zero-order valence-electron chi connectivity index (χ0n) is 17.7. The molecule has 1 aromatic heterocycles. The van der Waals surface area contributed by atoms with Crippen molar-refractivity contribution in [1.82, 2.24) is 9.78 Å². The van der Waals surface area contributed by atoms with E-state index in [1.807, 2.05) is 12.1 Å². The van der Waals surface area contributed by atoms with Gasteiger partial charge >= 0.3 is 12.1 Å². The van der Waals surface area contributed by atoms with E-state index < -0.39 is 12.1 Å². The van der Waals surface area contributed by atoms with E-state index in [1.54, 1.807) is 0 Å². The highest BCUT2D eigenvalue weighted by Crippen LogP contribution is 2.28. The van der Waals surface area contributed by atoms with Crippen molar-refractivity contribution < 1.29 is 27.8 Å². The molecule has 1 heterocycles. The molecule has 31 heavy (non-hydrogen) atoms. The van der Waals surface area contributed by atoms with Crippen LogP contribution in [0.3, 0.4) is 0 Å². The maximum absolute atomic E-state index is 10.6. The second-order valence-corrected chi connectivity index (χ2v) is 8.15. The summed E-state index contributed by atoms with van der Waals surface area (Å²) in [5, 5.41) is 12.7. The summed E-state index contributed by atoms with van der Waals surface area (Å²) >= 11 is 6.29. The molecular formula is C22H28ClF3N2O3. The van der Waals surface area contributed by atoms with E-state index in [4.69, 9.17) is 31.3 Å². The second-order valence-electron chi connectivity index (χ2n) is 7.74. The number of hydrogen-bond acceptors (Lipinski definition) is 3. The Kier molecular flexibility index (Phi) is 9.22. The number of carboxylic acids is 1. The Morgan fingerprint density at radius 3 is 2.52 bits per heavy atom. The first-order valence-corrected chi connectivity index (χ1v) is 10.7. The van der Waals surface area contributed by atoms with Crippen molar-refractivity contribution >= 4 is 17.6 Å². The Morgan fingerprint density at radius 1 is 1.29 bits per heavy atom. The lowest BCUT2D eigenvalue weighted by atomic mass is 10.1. The zero-order chi connectivity index (χ0) is 23.0. The van der Waals surface area contributed by atoms with Gasteiger partial charge in [-0.15, -0.1) is 0 Å². The van der Waals surface area contributed by atoms with Crippen LogP contribution in [0.1, 0.15) is 55.8 Å². The molecule has 1 aromatic carbocycles. The van der Waals surface area contributed by atoms with Crippen molar-refractivity contribution in [1.29, 1.82) is 0 Å². The minimum atomic E-state index is -5.08. The summed E-state index contributed by atoms with van der Waals surface area (Å²) in [6.07, 6.45) is 2.34. The number of halogens is 4. The Labute approximate surface area is 185 Å². The van der Waals surface area contributed by atoms with Crippen LogP contribution >= 0.6 is 11.6 Å². The number of benzene rings is 1. The monoisotopic (exact) mass is 460 g/mol. The average Bonchev–Trinajstić information content (AvgIpc) is 3.33. The largest absolute Gasteiger partial charge is 0.490 e. The minimum Gasteiger partial charge on any atom is -0.475 e. The Bertz CT molecular complexity index is 862. The van der Waals surface area contributed by atoms with Gasteiger partial charge in [0.2, 0.25) is 5.88 Å². The van der Waals surface area contributed by atoms with Gasteiger partial charge < -0.3 is 9.84 Å². The van der Waals surface area contributed by atoms with Gasteiger partial charge in [0.25, 0.3) is 0 Å². The van der Waals surface area contributed by atoms with E-state index in [-0.39, 0.29) is 0 Å². The molecule has 0 bridgehead atoms. The summed E-state index contributed by atoms with van der Waals surface area (Å²) in [6.45, 7) is 5.72. The number of aromatic nitrogens is 2. The van der Waals surface area contributed by atoms with E-state index in [0.717, 1.165) is 47.5 Å². The van der Waals surface area contributed by atoms with Gasteiger partial charge in [0, 0.05) is 23.2 Å². The molecule has 3 rings (SSSR count). The molecule has 1 saturated carbocycles. The number of aryl methyl sites for hydroxylation is 2. The minimum absolute atomic E-state index is 0.489. The van der Waals surface area contributed by atoms with Gasteiger partial charge in [0.15, 0.2) is 0 Å². The van der Waals surface area contributed by atoms with Crippen LogP contribution in [0, 0.1) is 12.8 Å². The summed E-state index contributed by atoms with van der Waals surface area (Å²) < 4.78 is 39.9. The zero-order valence-corrected chi connectivity index (χ0v) is 18.5. The quantitative estimate of drug-likeness (QED) is 0.534. The van der Waals surface area contributed by atoms with Crippen LogP contribution in [0.25, 0.3) is 0 Å². The van der Waals surface area contributed by atoms with Crippen LogP contribution in [-0.4, -0.2) is 27.0 Å². The maximum Gasteiger partial charge on any atom is 0.490 e. The Morgan fingerprint density at radius 2 is 1.94 bits per heavy atom. The number of alkyl halides is 3. The molecule has 0 saturated heterocycles. The molecule has 0 aliphatic heterocycles. The lowest BCUT2D eigenvalue weighted by molar-refractivity contribution is -0.192. The van der Waals surface area contributed by atoms with Crippen molar-refractivity contribution in [2.24, 2.45) is 5.92 Å². The van der Waals surface area contributed by atoms with Gasteiger partial charge in [0.1, 0.15) is 6.61 Å². The molecular weight excluding hydrogens is 433 g/mol. The van der Waals surface area contributed by atoms with Gasteiger partial charge in [-0.25, -0.2) is 9.48 Å². The van der Waals surface area contributed by atoms with E-state index in [9.17, 15) is 13.2 Å². The van der Waals surface area contributed by atoms with Crippen molar-refractivity contribution in [3.8, 4) is 5.88 Å². The molecule has 0 radical (unpaired) electrons. The van der Waals surface area contributed by atoms with Crippen LogP contribution in [0.5, 0.6) is 5.88 Å². The number of ether oxygens (including phenoxy) is 1. The van der Waals surface area contributed by atoms with Gasteiger partial charge in [-0.3, -0.25) is 0 Å². The van der Waals surface area contributed by atoms with E-state index in [1.165, 1.54) is 31.2 Å². The molecule has 2 aromatic rings. The Balaban J connectivity index is 0.000000423.